The molecule has 6 heteroatoms. The second-order valence-corrected chi connectivity index (χ2v) is 5.05. The Bertz CT molecular complexity index is 355. The van der Waals surface area contributed by atoms with Gasteiger partial charge in [0.15, 0.2) is 0 Å². The van der Waals surface area contributed by atoms with Crippen LogP contribution in [0, 0.1) is 11.8 Å². The number of carbonyl (C=O) groups is 3. The minimum absolute atomic E-state index is 0.0117. The molecular weight excluding hydrogens is 248 g/mol. The maximum Gasteiger partial charge on any atom is 0.232 e. The monoisotopic (exact) mass is 270 g/mol. The fourth-order valence-corrected chi connectivity index (χ4v) is 1.79. The number of nitrogens with zero attached hydrogens (tertiary/aromatic N) is 1. The maximum absolute atomic E-state index is 11.6. The van der Waals surface area contributed by atoms with E-state index in [-0.39, 0.29) is 29.6 Å². The van der Waals surface area contributed by atoms with E-state index in [1.165, 1.54) is 4.90 Å². The van der Waals surface area contributed by atoms with Crippen molar-refractivity contribution in [2.45, 2.75) is 27.2 Å². The van der Waals surface area contributed by atoms with E-state index in [1.54, 1.807) is 6.92 Å². The predicted octanol–water partition coefficient (Wildman–Crippen LogP) is 0.170. The fraction of sp³-hybridized carbons (Fsp3) is 0.769. The Morgan fingerprint density at radius 3 is 2.63 bits per heavy atom. The number of likely N-dealkylation sites (tertiary alicyclic amines) is 1. The van der Waals surface area contributed by atoms with Gasteiger partial charge in [-0.3, -0.25) is 19.3 Å². The molecule has 0 bridgehead atoms. The Morgan fingerprint density at radius 2 is 2.11 bits per heavy atom. The lowest BCUT2D eigenvalue weighted by Gasteiger charge is -2.14. The number of hydrogen-bond donors (Lipinski definition) is 1. The molecule has 1 aliphatic heterocycles. The summed E-state index contributed by atoms with van der Waals surface area (Å²) in [5.74, 6) is -0.516. The lowest BCUT2D eigenvalue weighted by atomic mass is 10.1. The zero-order valence-corrected chi connectivity index (χ0v) is 11.8. The Morgan fingerprint density at radius 1 is 1.42 bits per heavy atom. The summed E-state index contributed by atoms with van der Waals surface area (Å²) in [5, 5.41) is 2.72. The number of rotatable bonds is 7. The van der Waals surface area contributed by atoms with Crippen LogP contribution in [0.25, 0.3) is 0 Å². The Labute approximate surface area is 113 Å². The van der Waals surface area contributed by atoms with Crippen LogP contribution < -0.4 is 5.32 Å². The highest BCUT2D eigenvalue weighted by Gasteiger charge is 2.34. The first kappa shape index (κ1) is 15.6. The van der Waals surface area contributed by atoms with E-state index in [0.717, 1.165) is 0 Å². The van der Waals surface area contributed by atoms with E-state index in [9.17, 15) is 14.4 Å². The molecule has 0 aromatic carbocycles. The van der Waals surface area contributed by atoms with Gasteiger partial charge < -0.3 is 10.1 Å². The standard InChI is InChI=1S/C13H22N2O4/c1-9(2)12(17)14-4-6-19-7-5-15-11(16)8-10(3)13(15)18/h9-10H,4-8H2,1-3H3,(H,14,17). The van der Waals surface area contributed by atoms with Crippen molar-refractivity contribution in [3.05, 3.63) is 0 Å². The molecule has 1 saturated heterocycles. The normalized spacial score (nSPS) is 19.4. The first-order chi connectivity index (χ1) is 8.93. The van der Waals surface area contributed by atoms with E-state index in [0.29, 0.717) is 32.7 Å². The molecule has 0 radical (unpaired) electrons. The number of amides is 3. The first-order valence-electron chi connectivity index (χ1n) is 6.63. The fourth-order valence-electron chi connectivity index (χ4n) is 1.79. The third-order valence-electron chi connectivity index (χ3n) is 3.00. The van der Waals surface area contributed by atoms with E-state index < -0.39 is 0 Å². The summed E-state index contributed by atoms with van der Waals surface area (Å²) >= 11 is 0. The molecule has 108 valence electrons. The van der Waals surface area contributed by atoms with Crippen LogP contribution in [0.4, 0.5) is 0 Å². The van der Waals surface area contributed by atoms with Crippen molar-refractivity contribution in [2.24, 2.45) is 11.8 Å². The summed E-state index contributed by atoms with van der Waals surface area (Å²) < 4.78 is 5.30. The molecule has 6 nitrogen and oxygen atoms in total. The summed E-state index contributed by atoms with van der Waals surface area (Å²) in [6, 6.07) is 0. The topological polar surface area (TPSA) is 75.7 Å². The Hall–Kier alpha value is -1.43. The van der Waals surface area contributed by atoms with Gasteiger partial charge in [0.2, 0.25) is 17.7 Å². The number of ether oxygens (including phenoxy) is 1. The maximum atomic E-state index is 11.6. The van der Waals surface area contributed by atoms with Gasteiger partial charge in [0.1, 0.15) is 0 Å². The summed E-state index contributed by atoms with van der Waals surface area (Å²) in [5.41, 5.74) is 0. The smallest absolute Gasteiger partial charge is 0.232 e. The van der Waals surface area contributed by atoms with Gasteiger partial charge in [-0.15, -0.1) is 0 Å². The third kappa shape index (κ3) is 4.63. The zero-order chi connectivity index (χ0) is 14.4. The summed E-state index contributed by atoms with van der Waals surface area (Å²) in [6.45, 7) is 6.81. The van der Waals surface area contributed by atoms with Gasteiger partial charge in [-0.1, -0.05) is 20.8 Å². The largest absolute Gasteiger partial charge is 0.378 e. The lowest BCUT2D eigenvalue weighted by molar-refractivity contribution is -0.140. The van der Waals surface area contributed by atoms with Crippen molar-refractivity contribution >= 4 is 17.7 Å². The molecule has 0 aromatic rings. The number of nitrogens with one attached hydrogen (secondary N) is 1. The van der Waals surface area contributed by atoms with Gasteiger partial charge in [-0.25, -0.2) is 0 Å². The van der Waals surface area contributed by atoms with Crippen LogP contribution >= 0.6 is 0 Å². The van der Waals surface area contributed by atoms with Crippen LogP contribution in [0.3, 0.4) is 0 Å². The first-order valence-corrected chi connectivity index (χ1v) is 6.63. The molecule has 1 aliphatic rings. The van der Waals surface area contributed by atoms with E-state index in [2.05, 4.69) is 5.32 Å². The van der Waals surface area contributed by atoms with Crippen LogP contribution in [0.1, 0.15) is 27.2 Å². The molecule has 0 aromatic heterocycles. The van der Waals surface area contributed by atoms with Crippen LogP contribution in [0.5, 0.6) is 0 Å². The van der Waals surface area contributed by atoms with Crippen molar-refractivity contribution in [3.63, 3.8) is 0 Å². The molecule has 0 aliphatic carbocycles. The molecule has 19 heavy (non-hydrogen) atoms. The molecule has 3 amide bonds. The van der Waals surface area contributed by atoms with Crippen molar-refractivity contribution in [3.8, 4) is 0 Å². The summed E-state index contributed by atoms with van der Waals surface area (Å²) in [6.07, 6.45) is 0.295. The number of imide groups is 1. The molecule has 1 N–H and O–H groups in total. The van der Waals surface area contributed by atoms with Gasteiger partial charge in [-0.2, -0.15) is 0 Å². The lowest BCUT2D eigenvalue weighted by Crippen LogP contribution is -2.34. The second-order valence-electron chi connectivity index (χ2n) is 5.05. The van der Waals surface area contributed by atoms with Crippen LogP contribution in [-0.2, 0) is 19.1 Å². The van der Waals surface area contributed by atoms with Crippen molar-refractivity contribution in [1.29, 1.82) is 0 Å². The number of hydrogen-bond acceptors (Lipinski definition) is 4. The second kappa shape index (κ2) is 7.23. The Kier molecular flexibility index (Phi) is 5.95. The van der Waals surface area contributed by atoms with Crippen LogP contribution in [0.15, 0.2) is 0 Å². The van der Waals surface area contributed by atoms with Crippen molar-refractivity contribution in [2.75, 3.05) is 26.3 Å². The average Bonchev–Trinajstić information content (AvgIpc) is 2.58. The molecule has 1 unspecified atom stereocenters. The van der Waals surface area contributed by atoms with Gasteiger partial charge in [-0.05, 0) is 0 Å². The highest BCUT2D eigenvalue weighted by Crippen LogP contribution is 2.17. The van der Waals surface area contributed by atoms with E-state index in [1.807, 2.05) is 13.8 Å². The van der Waals surface area contributed by atoms with E-state index in [4.69, 9.17) is 4.74 Å². The molecular formula is C13H22N2O4. The molecule has 0 saturated carbocycles. The molecule has 1 atom stereocenters. The quantitative estimate of drug-likeness (QED) is 0.528. The van der Waals surface area contributed by atoms with Gasteiger partial charge >= 0.3 is 0 Å². The number of carbonyl (C=O) groups excluding carboxylic acids is 3. The van der Waals surface area contributed by atoms with Crippen LogP contribution in [0.2, 0.25) is 0 Å². The molecule has 1 rings (SSSR count). The molecule has 1 fully saturated rings. The third-order valence-corrected chi connectivity index (χ3v) is 3.00. The summed E-state index contributed by atoms with van der Waals surface area (Å²) in [4.78, 5) is 35.6. The minimum atomic E-state index is -0.210. The van der Waals surface area contributed by atoms with Gasteiger partial charge in [0.25, 0.3) is 0 Å². The van der Waals surface area contributed by atoms with Crippen molar-refractivity contribution in [1.82, 2.24) is 10.2 Å². The van der Waals surface area contributed by atoms with Gasteiger partial charge in [0, 0.05) is 24.8 Å². The van der Waals surface area contributed by atoms with E-state index >= 15 is 0 Å². The highest BCUT2D eigenvalue weighted by molar-refractivity contribution is 6.03. The molecule has 0 spiro atoms. The van der Waals surface area contributed by atoms with Crippen molar-refractivity contribution < 1.29 is 19.1 Å². The van der Waals surface area contributed by atoms with Gasteiger partial charge in [0.05, 0.1) is 19.8 Å². The van der Waals surface area contributed by atoms with Crippen LogP contribution in [-0.4, -0.2) is 48.9 Å². The summed E-state index contributed by atoms with van der Waals surface area (Å²) in [7, 11) is 0. The minimum Gasteiger partial charge on any atom is -0.378 e. The SMILES string of the molecule is CC(C)C(=O)NCCOCCN1C(=O)CC(C)C1=O. The molecule has 1 heterocycles. The Balaban J connectivity index is 2.10. The highest BCUT2D eigenvalue weighted by atomic mass is 16.5. The predicted molar refractivity (Wildman–Crippen MR) is 69.2 cm³/mol. The average molecular weight is 270 g/mol. The zero-order valence-electron chi connectivity index (χ0n) is 11.8.